The zero-order chi connectivity index (χ0) is 25.5. The summed E-state index contributed by atoms with van der Waals surface area (Å²) < 4.78 is 11.4. The molecule has 2 aromatic carbocycles. The van der Waals surface area contributed by atoms with Crippen molar-refractivity contribution < 1.29 is 18.7 Å². The number of aromatic nitrogens is 2. The fraction of sp³-hybridized carbons (Fsp3) is 0.231. The summed E-state index contributed by atoms with van der Waals surface area (Å²) in [5.74, 6) is 0.790. The first-order valence-electron chi connectivity index (χ1n) is 11.6. The van der Waals surface area contributed by atoms with E-state index in [9.17, 15) is 9.59 Å². The maximum absolute atomic E-state index is 12.5. The summed E-state index contributed by atoms with van der Waals surface area (Å²) in [5.41, 5.74) is 2.25. The first-order chi connectivity index (χ1) is 17.5. The lowest BCUT2D eigenvalue weighted by molar-refractivity contribution is -0.117. The first-order valence-corrected chi connectivity index (χ1v) is 11.6. The number of carbonyl (C=O) groups is 2. The van der Waals surface area contributed by atoms with Gasteiger partial charge in [0.1, 0.15) is 17.6 Å². The van der Waals surface area contributed by atoms with Gasteiger partial charge < -0.3 is 25.1 Å². The van der Waals surface area contributed by atoms with Crippen LogP contribution in [0.2, 0.25) is 0 Å². The van der Waals surface area contributed by atoms with E-state index in [1.807, 2.05) is 43.0 Å². The summed E-state index contributed by atoms with van der Waals surface area (Å²) in [7, 11) is 1.57. The molecule has 0 bridgehead atoms. The summed E-state index contributed by atoms with van der Waals surface area (Å²) in [6, 6.07) is 14.2. The number of likely N-dealkylation sites (N-methyl/N-ethyl adjacent to an activating group) is 1. The highest BCUT2D eigenvalue weighted by atomic mass is 16.5. The summed E-state index contributed by atoms with van der Waals surface area (Å²) in [5, 5.41) is 9.37. The van der Waals surface area contributed by atoms with E-state index in [1.165, 1.54) is 6.26 Å². The van der Waals surface area contributed by atoms with Crippen molar-refractivity contribution in [3.63, 3.8) is 0 Å². The summed E-state index contributed by atoms with van der Waals surface area (Å²) in [6.07, 6.45) is 2.99. The number of carbonyl (C=O) groups excluding carboxylic acids is 2. The second kappa shape index (κ2) is 11.3. The van der Waals surface area contributed by atoms with Gasteiger partial charge in [0, 0.05) is 30.8 Å². The molecule has 0 fully saturated rings. The number of rotatable bonds is 10. The van der Waals surface area contributed by atoms with Crippen molar-refractivity contribution in [2.45, 2.75) is 13.8 Å². The molecule has 2 aromatic heterocycles. The summed E-state index contributed by atoms with van der Waals surface area (Å²) >= 11 is 0. The van der Waals surface area contributed by atoms with E-state index in [2.05, 4.69) is 25.9 Å². The van der Waals surface area contributed by atoms with Crippen molar-refractivity contribution in [2.75, 3.05) is 37.3 Å². The van der Waals surface area contributed by atoms with Gasteiger partial charge in [-0.25, -0.2) is 4.98 Å². The summed E-state index contributed by atoms with van der Waals surface area (Å²) in [4.78, 5) is 35.2. The molecule has 0 atom stereocenters. The largest absolute Gasteiger partial charge is 0.463 e. The molecular weight excluding hydrogens is 460 g/mol. The fourth-order valence-corrected chi connectivity index (χ4v) is 3.62. The third kappa shape index (κ3) is 5.78. The Bertz CT molecular complexity index is 1370. The molecule has 10 heteroatoms. The van der Waals surface area contributed by atoms with Crippen LogP contribution in [0.15, 0.2) is 65.4 Å². The standard InChI is InChI=1S/C26H28N6O4/c1-4-32(5-2)15-23(33)29-20-8-6-7-9-21(20)30-26-28-13-12-24(31-26)36-17-10-11-18-19(25(34)27-3)16-35-22(18)14-17/h6-14,16H,4-5,15H2,1-3H3,(H,27,34)(H,29,33)(H,28,30,31). The highest BCUT2D eigenvalue weighted by molar-refractivity contribution is 6.06. The summed E-state index contributed by atoms with van der Waals surface area (Å²) in [6.45, 7) is 5.95. The molecule has 0 saturated heterocycles. The van der Waals surface area contributed by atoms with E-state index < -0.39 is 0 Å². The number of para-hydroxylation sites is 2. The molecule has 10 nitrogen and oxygen atoms in total. The predicted molar refractivity (Wildman–Crippen MR) is 138 cm³/mol. The second-order valence-electron chi connectivity index (χ2n) is 7.89. The van der Waals surface area contributed by atoms with E-state index in [0.29, 0.717) is 52.0 Å². The third-order valence-corrected chi connectivity index (χ3v) is 5.58. The third-order valence-electron chi connectivity index (χ3n) is 5.58. The Morgan fingerprint density at radius 2 is 1.83 bits per heavy atom. The van der Waals surface area contributed by atoms with Crippen LogP contribution >= 0.6 is 0 Å². The molecule has 186 valence electrons. The maximum atomic E-state index is 12.5. The van der Waals surface area contributed by atoms with Crippen molar-refractivity contribution in [3.8, 4) is 11.6 Å². The molecule has 4 aromatic rings. The molecule has 2 heterocycles. The topological polar surface area (TPSA) is 122 Å². The molecule has 0 radical (unpaired) electrons. The zero-order valence-electron chi connectivity index (χ0n) is 20.4. The van der Waals surface area contributed by atoms with Crippen molar-refractivity contribution in [1.82, 2.24) is 20.2 Å². The monoisotopic (exact) mass is 488 g/mol. The molecule has 4 rings (SSSR count). The molecule has 0 spiro atoms. The Labute approximate surface area is 208 Å². The van der Waals surface area contributed by atoms with Gasteiger partial charge >= 0.3 is 0 Å². The van der Waals surface area contributed by atoms with Gasteiger partial charge in [0.15, 0.2) is 0 Å². The van der Waals surface area contributed by atoms with Crippen molar-refractivity contribution in [3.05, 3.63) is 66.6 Å². The molecule has 2 amide bonds. The van der Waals surface area contributed by atoms with E-state index in [1.54, 1.807) is 37.5 Å². The quantitative estimate of drug-likeness (QED) is 0.300. The normalized spacial score (nSPS) is 10.9. The van der Waals surface area contributed by atoms with Gasteiger partial charge in [-0.05, 0) is 37.4 Å². The lowest BCUT2D eigenvalue weighted by atomic mass is 10.1. The van der Waals surface area contributed by atoms with Crippen LogP contribution in [0, 0.1) is 0 Å². The average molecular weight is 489 g/mol. The molecule has 0 aliphatic heterocycles. The lowest BCUT2D eigenvalue weighted by Gasteiger charge is -2.18. The predicted octanol–water partition coefficient (Wildman–Crippen LogP) is 4.40. The van der Waals surface area contributed by atoms with Crippen LogP contribution in [-0.2, 0) is 4.79 Å². The molecule has 0 aliphatic carbocycles. The van der Waals surface area contributed by atoms with Gasteiger partial charge in [0.05, 0.1) is 23.5 Å². The van der Waals surface area contributed by atoms with Crippen LogP contribution in [0.1, 0.15) is 24.2 Å². The molecular formula is C26H28N6O4. The van der Waals surface area contributed by atoms with Crippen LogP contribution < -0.4 is 20.7 Å². The number of furan rings is 1. The minimum absolute atomic E-state index is 0.0983. The van der Waals surface area contributed by atoms with E-state index in [0.717, 1.165) is 13.1 Å². The maximum Gasteiger partial charge on any atom is 0.254 e. The Hall–Kier alpha value is -4.44. The van der Waals surface area contributed by atoms with Crippen LogP contribution in [0.25, 0.3) is 11.0 Å². The van der Waals surface area contributed by atoms with E-state index in [4.69, 9.17) is 9.15 Å². The van der Waals surface area contributed by atoms with Gasteiger partial charge in [0.2, 0.25) is 17.7 Å². The Balaban J connectivity index is 1.48. The lowest BCUT2D eigenvalue weighted by Crippen LogP contribution is -2.33. The molecule has 36 heavy (non-hydrogen) atoms. The number of hydrogen-bond acceptors (Lipinski definition) is 8. The van der Waals surface area contributed by atoms with Crippen molar-refractivity contribution >= 4 is 40.1 Å². The van der Waals surface area contributed by atoms with E-state index in [-0.39, 0.29) is 11.8 Å². The van der Waals surface area contributed by atoms with Gasteiger partial charge in [-0.2, -0.15) is 4.98 Å². The highest BCUT2D eigenvalue weighted by Crippen LogP contribution is 2.29. The smallest absolute Gasteiger partial charge is 0.254 e. The SMILES string of the molecule is CCN(CC)CC(=O)Nc1ccccc1Nc1nccc(Oc2ccc3c(C(=O)NC)coc3c2)n1. The average Bonchev–Trinajstić information content (AvgIpc) is 3.31. The molecule has 3 N–H and O–H groups in total. The molecule has 0 saturated carbocycles. The van der Waals surface area contributed by atoms with Gasteiger partial charge in [0.25, 0.3) is 5.91 Å². The number of nitrogens with one attached hydrogen (secondary N) is 3. The Morgan fingerprint density at radius 1 is 1.06 bits per heavy atom. The molecule has 0 aliphatic rings. The first kappa shape index (κ1) is 24.7. The van der Waals surface area contributed by atoms with Crippen molar-refractivity contribution in [1.29, 1.82) is 0 Å². The van der Waals surface area contributed by atoms with Crippen LogP contribution in [0.4, 0.5) is 17.3 Å². The van der Waals surface area contributed by atoms with Crippen LogP contribution in [-0.4, -0.2) is 53.4 Å². The van der Waals surface area contributed by atoms with Gasteiger partial charge in [-0.1, -0.05) is 26.0 Å². The van der Waals surface area contributed by atoms with Gasteiger partial charge in [-0.3, -0.25) is 14.5 Å². The number of fused-ring (bicyclic) bond motifs is 1. The Morgan fingerprint density at radius 3 is 2.58 bits per heavy atom. The number of amides is 2. The van der Waals surface area contributed by atoms with Crippen LogP contribution in [0.5, 0.6) is 11.6 Å². The van der Waals surface area contributed by atoms with Crippen molar-refractivity contribution in [2.24, 2.45) is 0 Å². The van der Waals surface area contributed by atoms with Crippen LogP contribution in [0.3, 0.4) is 0 Å². The fourth-order valence-electron chi connectivity index (χ4n) is 3.62. The minimum atomic E-state index is -0.224. The zero-order valence-corrected chi connectivity index (χ0v) is 20.4. The highest BCUT2D eigenvalue weighted by Gasteiger charge is 2.14. The number of anilines is 3. The Kier molecular flexibility index (Phi) is 7.76. The minimum Gasteiger partial charge on any atom is -0.463 e. The van der Waals surface area contributed by atoms with Gasteiger partial charge in [-0.15, -0.1) is 0 Å². The number of hydrogen-bond donors (Lipinski definition) is 3. The van der Waals surface area contributed by atoms with E-state index >= 15 is 0 Å². The molecule has 0 unspecified atom stereocenters. The number of ether oxygens (including phenoxy) is 1. The second-order valence-corrected chi connectivity index (χ2v) is 7.89. The number of nitrogens with zero attached hydrogens (tertiary/aromatic N) is 3. The number of benzene rings is 2.